The molecule has 46 heavy (non-hydrogen) atoms. The number of carbonyl (C=O) groups excluding carboxylic acids is 2. The number of aromatic nitrogens is 2. The molecule has 0 atom stereocenters. The molecule has 3 aliphatic heterocycles. The van der Waals surface area contributed by atoms with E-state index in [0.29, 0.717) is 61.1 Å². The highest BCUT2D eigenvalue weighted by molar-refractivity contribution is 7.88. The minimum absolute atomic E-state index is 0.0488. The summed E-state index contributed by atoms with van der Waals surface area (Å²) in [6.07, 6.45) is 3.60. The largest absolute Gasteiger partial charge is 0.416 e. The zero-order valence-corrected chi connectivity index (χ0v) is 27.1. The van der Waals surface area contributed by atoms with Crippen LogP contribution < -0.4 is 5.32 Å². The quantitative estimate of drug-likeness (QED) is 0.392. The van der Waals surface area contributed by atoms with Crippen molar-refractivity contribution in [1.29, 1.82) is 0 Å². The number of alkyl halides is 3. The zero-order valence-electron chi connectivity index (χ0n) is 26.3. The standard InChI is InChI=1S/C32H43F3N6O4S/c1-46(44,45)39-17-11-28-26(21-39)31(23-7-8-27(32(33,34)35)24(19-23)20-36-29(42)18-22-5-6-22)37-41(28)14-3-12-38-15-9-25(10-16-38)40-13-2-4-30(40)43/h7-8,19,22,25H,2-6,9-18,20-21H2,1H3,(H,36,42). The number of benzene rings is 1. The maximum absolute atomic E-state index is 14.0. The first-order valence-corrected chi connectivity index (χ1v) is 18.2. The van der Waals surface area contributed by atoms with Crippen molar-refractivity contribution in [3.8, 4) is 11.3 Å². The van der Waals surface area contributed by atoms with E-state index in [2.05, 4.69) is 10.2 Å². The summed E-state index contributed by atoms with van der Waals surface area (Å²) in [6, 6.07) is 4.17. The maximum atomic E-state index is 14.0. The summed E-state index contributed by atoms with van der Waals surface area (Å²) in [6.45, 7) is 4.31. The van der Waals surface area contributed by atoms with E-state index in [-0.39, 0.29) is 30.5 Å². The number of halogens is 3. The van der Waals surface area contributed by atoms with E-state index >= 15 is 0 Å². The lowest BCUT2D eigenvalue weighted by atomic mass is 9.97. The van der Waals surface area contributed by atoms with Gasteiger partial charge in [0, 0.05) is 87.9 Å². The number of fused-ring (bicyclic) bond motifs is 1. The minimum atomic E-state index is -4.60. The van der Waals surface area contributed by atoms with Gasteiger partial charge in [-0.05, 0) is 68.7 Å². The molecule has 4 heterocycles. The maximum Gasteiger partial charge on any atom is 0.416 e. The van der Waals surface area contributed by atoms with Crippen LogP contribution in [0.25, 0.3) is 11.3 Å². The third kappa shape index (κ3) is 7.60. The van der Waals surface area contributed by atoms with Crippen molar-refractivity contribution in [3.05, 3.63) is 40.6 Å². The number of rotatable bonds is 11. The number of hydrogen-bond acceptors (Lipinski definition) is 6. The van der Waals surface area contributed by atoms with Crippen LogP contribution in [0.5, 0.6) is 0 Å². The summed E-state index contributed by atoms with van der Waals surface area (Å²) in [5, 5.41) is 7.53. The predicted molar refractivity (Wildman–Crippen MR) is 166 cm³/mol. The molecule has 1 aromatic heterocycles. The average molecular weight is 665 g/mol. The second kappa shape index (κ2) is 13.3. The van der Waals surface area contributed by atoms with Crippen LogP contribution >= 0.6 is 0 Å². The van der Waals surface area contributed by atoms with E-state index in [1.54, 1.807) is 0 Å². The van der Waals surface area contributed by atoms with Gasteiger partial charge in [-0.25, -0.2) is 8.42 Å². The number of hydrogen-bond donors (Lipinski definition) is 1. The van der Waals surface area contributed by atoms with Crippen LogP contribution in [0.1, 0.15) is 73.8 Å². The van der Waals surface area contributed by atoms with Crippen molar-refractivity contribution in [2.45, 2.75) is 89.6 Å². The van der Waals surface area contributed by atoms with Crippen LogP contribution in [0.4, 0.5) is 13.2 Å². The molecular formula is C32H43F3N6O4S. The van der Waals surface area contributed by atoms with Crippen LogP contribution in [0.3, 0.4) is 0 Å². The minimum Gasteiger partial charge on any atom is -0.352 e. The molecule has 6 rings (SSSR count). The van der Waals surface area contributed by atoms with Crippen molar-refractivity contribution in [2.75, 3.05) is 39.0 Å². The van der Waals surface area contributed by atoms with Gasteiger partial charge in [-0.1, -0.05) is 6.07 Å². The predicted octanol–water partition coefficient (Wildman–Crippen LogP) is 3.78. The molecule has 1 N–H and O–H groups in total. The highest BCUT2D eigenvalue weighted by Crippen LogP contribution is 2.37. The summed E-state index contributed by atoms with van der Waals surface area (Å²) < 4.78 is 70.1. The number of carbonyl (C=O) groups is 2. The Hall–Kier alpha value is -2.97. The smallest absolute Gasteiger partial charge is 0.352 e. The molecule has 1 aliphatic carbocycles. The third-order valence-electron chi connectivity index (χ3n) is 9.85. The summed E-state index contributed by atoms with van der Waals surface area (Å²) in [7, 11) is -3.49. The molecule has 2 aromatic rings. The Bertz CT molecular complexity index is 1560. The van der Waals surface area contributed by atoms with Crippen LogP contribution in [-0.2, 0) is 51.8 Å². The summed E-state index contributed by atoms with van der Waals surface area (Å²) in [5.41, 5.74) is 1.68. The van der Waals surface area contributed by atoms with E-state index < -0.39 is 21.8 Å². The monoisotopic (exact) mass is 664 g/mol. The first-order valence-electron chi connectivity index (χ1n) is 16.4. The van der Waals surface area contributed by atoms with E-state index in [1.165, 1.54) is 16.4 Å². The van der Waals surface area contributed by atoms with Gasteiger partial charge in [0.05, 0.1) is 17.5 Å². The Balaban J connectivity index is 1.19. The molecule has 10 nitrogen and oxygen atoms in total. The highest BCUT2D eigenvalue weighted by atomic mass is 32.2. The fourth-order valence-electron chi connectivity index (χ4n) is 7.13. The molecule has 3 fully saturated rings. The highest BCUT2D eigenvalue weighted by Gasteiger charge is 2.35. The number of aryl methyl sites for hydroxylation is 1. The first kappa shape index (κ1) is 33.0. The van der Waals surface area contributed by atoms with Crippen LogP contribution in [0.2, 0.25) is 0 Å². The molecule has 0 radical (unpaired) electrons. The lowest BCUT2D eigenvalue weighted by molar-refractivity contribution is -0.138. The Labute approximate surface area is 268 Å². The number of amides is 2. The van der Waals surface area contributed by atoms with Crippen LogP contribution in [0, 0.1) is 5.92 Å². The fraction of sp³-hybridized carbons (Fsp3) is 0.656. The lowest BCUT2D eigenvalue weighted by Crippen LogP contribution is -2.45. The molecule has 0 unspecified atom stereocenters. The van der Waals surface area contributed by atoms with E-state index in [1.807, 2.05) is 9.58 Å². The van der Waals surface area contributed by atoms with Gasteiger partial charge in [0.25, 0.3) is 0 Å². The molecule has 14 heteroatoms. The van der Waals surface area contributed by atoms with Crippen molar-refractivity contribution < 1.29 is 31.2 Å². The normalized spacial score (nSPS) is 20.3. The van der Waals surface area contributed by atoms with E-state index in [9.17, 15) is 31.2 Å². The van der Waals surface area contributed by atoms with Gasteiger partial charge in [0.1, 0.15) is 0 Å². The van der Waals surface area contributed by atoms with Gasteiger partial charge in [0.2, 0.25) is 21.8 Å². The Morgan fingerprint density at radius 2 is 1.80 bits per heavy atom. The summed E-state index contributed by atoms with van der Waals surface area (Å²) >= 11 is 0. The molecule has 1 aromatic carbocycles. The first-order chi connectivity index (χ1) is 21.9. The van der Waals surface area contributed by atoms with Gasteiger partial charge < -0.3 is 15.1 Å². The third-order valence-corrected chi connectivity index (χ3v) is 11.1. The van der Waals surface area contributed by atoms with Crippen molar-refractivity contribution in [2.24, 2.45) is 5.92 Å². The Morgan fingerprint density at radius 1 is 1.04 bits per heavy atom. The summed E-state index contributed by atoms with van der Waals surface area (Å²) in [4.78, 5) is 28.9. The van der Waals surface area contributed by atoms with Crippen molar-refractivity contribution >= 4 is 21.8 Å². The van der Waals surface area contributed by atoms with Gasteiger partial charge in [0.15, 0.2) is 0 Å². The fourth-order valence-corrected chi connectivity index (χ4v) is 7.92. The molecule has 2 saturated heterocycles. The van der Waals surface area contributed by atoms with Crippen LogP contribution in [-0.4, -0.2) is 89.1 Å². The Kier molecular flexibility index (Phi) is 9.50. The zero-order chi connectivity index (χ0) is 32.6. The second-order valence-corrected chi connectivity index (χ2v) is 15.2. The van der Waals surface area contributed by atoms with E-state index in [4.69, 9.17) is 5.10 Å². The van der Waals surface area contributed by atoms with E-state index in [0.717, 1.165) is 82.7 Å². The second-order valence-electron chi connectivity index (χ2n) is 13.3. The average Bonchev–Trinajstić information content (AvgIpc) is 3.60. The van der Waals surface area contributed by atoms with Crippen LogP contribution in [0.15, 0.2) is 18.2 Å². The van der Waals surface area contributed by atoms with Gasteiger partial charge in [-0.3, -0.25) is 14.3 Å². The van der Waals surface area contributed by atoms with Gasteiger partial charge in [-0.15, -0.1) is 0 Å². The molecule has 252 valence electrons. The summed E-state index contributed by atoms with van der Waals surface area (Å²) in [5.74, 6) is 0.319. The van der Waals surface area contributed by atoms with Crippen molar-refractivity contribution in [1.82, 2.24) is 29.2 Å². The number of nitrogens with one attached hydrogen (secondary N) is 1. The van der Waals surface area contributed by atoms with Gasteiger partial charge >= 0.3 is 6.18 Å². The molecule has 2 amide bonds. The van der Waals surface area contributed by atoms with Crippen molar-refractivity contribution in [3.63, 3.8) is 0 Å². The number of piperidine rings is 1. The topological polar surface area (TPSA) is 108 Å². The molecule has 0 spiro atoms. The number of sulfonamides is 1. The molecule has 0 bridgehead atoms. The molecular weight excluding hydrogens is 621 g/mol. The Morgan fingerprint density at radius 3 is 2.46 bits per heavy atom. The number of nitrogens with zero attached hydrogens (tertiary/aromatic N) is 5. The number of likely N-dealkylation sites (tertiary alicyclic amines) is 2. The SMILES string of the molecule is CS(=O)(=O)N1CCc2c(c(-c3ccc(C(F)(F)F)c(CNC(=O)CC4CC4)c3)nn2CCCN2CCC(N3CCCC3=O)CC2)C1. The molecule has 1 saturated carbocycles. The lowest BCUT2D eigenvalue weighted by Gasteiger charge is -2.36. The van der Waals surface area contributed by atoms with Gasteiger partial charge in [-0.2, -0.15) is 22.6 Å². The molecule has 4 aliphatic rings.